The highest BCUT2D eigenvalue weighted by atomic mass is 31.2. The normalized spacial score (nSPS) is 15.0. The Bertz CT molecular complexity index is 50.2. The fourth-order valence-electron chi connectivity index (χ4n) is 0.122. The van der Waals surface area contributed by atoms with Gasteiger partial charge in [-0.25, -0.2) is 5.90 Å². The van der Waals surface area contributed by atoms with Crippen LogP contribution in [0.5, 0.6) is 0 Å². The van der Waals surface area contributed by atoms with E-state index < -0.39 is 8.30 Å². The second-order valence-electron chi connectivity index (χ2n) is 1.56. The molecule has 0 aliphatic heterocycles. The number of hydrogen-bond acceptors (Lipinski definition) is 3. The molecule has 3 nitrogen and oxygen atoms in total. The second-order valence-corrected chi connectivity index (χ2v) is 3.52. The van der Waals surface area contributed by atoms with Crippen LogP contribution in [0.2, 0.25) is 0 Å². The van der Waals surface area contributed by atoms with Gasteiger partial charge in [-0.2, -0.15) is 0 Å². The largest absolute Gasteiger partial charge is 0.286 e. The molecule has 44 valence electrons. The summed E-state index contributed by atoms with van der Waals surface area (Å²) in [6.45, 7) is 3.94. The summed E-state index contributed by atoms with van der Waals surface area (Å²) in [6, 6.07) is 0. The van der Waals surface area contributed by atoms with Crippen molar-refractivity contribution in [2.45, 2.75) is 19.5 Å². The quantitative estimate of drug-likeness (QED) is 0.415. The van der Waals surface area contributed by atoms with Crippen molar-refractivity contribution in [2.75, 3.05) is 0 Å². The van der Waals surface area contributed by atoms with Crippen molar-refractivity contribution in [3.8, 4) is 0 Å². The van der Waals surface area contributed by atoms with Crippen molar-refractivity contribution in [3.05, 3.63) is 0 Å². The third kappa shape index (κ3) is 2.94. The average Bonchev–Trinajstić information content (AvgIpc) is 1.65. The lowest BCUT2D eigenvalue weighted by molar-refractivity contribution is 0.369. The van der Waals surface area contributed by atoms with Crippen LogP contribution in [0.15, 0.2) is 0 Å². The first-order valence-electron chi connectivity index (χ1n) is 2.09. The summed E-state index contributed by atoms with van der Waals surface area (Å²) in [5.74, 6) is 4.78. The smallest absolute Gasteiger partial charge is 0.126 e. The van der Waals surface area contributed by atoms with Crippen LogP contribution in [0.1, 0.15) is 13.8 Å². The highest BCUT2D eigenvalue weighted by Gasteiger charge is 2.04. The molecule has 0 radical (unpaired) electrons. The summed E-state index contributed by atoms with van der Waals surface area (Å²) in [5.41, 5.74) is 5.69. The predicted molar refractivity (Wildman–Crippen MR) is 31.5 cm³/mol. The van der Waals surface area contributed by atoms with Gasteiger partial charge in [-0.1, -0.05) is 13.8 Å². The third-order valence-electron chi connectivity index (χ3n) is 0.631. The van der Waals surface area contributed by atoms with Gasteiger partial charge in [-0.3, -0.25) is 10.1 Å². The molecule has 0 saturated carbocycles. The van der Waals surface area contributed by atoms with Crippen molar-refractivity contribution in [1.82, 2.24) is 0 Å². The first kappa shape index (κ1) is 7.31. The van der Waals surface area contributed by atoms with Crippen LogP contribution in [0, 0.1) is 0 Å². The summed E-state index contributed by atoms with van der Waals surface area (Å²) in [4.78, 5) is 0. The fraction of sp³-hybridized carbons (Fsp3) is 1.00. The maximum absolute atomic E-state index is 5.33. The molecule has 0 spiro atoms. The molecule has 0 heterocycles. The minimum Gasteiger partial charge on any atom is -0.286 e. The Morgan fingerprint density at radius 2 is 2.00 bits per heavy atom. The minimum atomic E-state index is -0.860. The first-order valence-corrected chi connectivity index (χ1v) is 3.49. The first-order chi connectivity index (χ1) is 3.18. The molecule has 4 heteroatoms. The van der Waals surface area contributed by atoms with Gasteiger partial charge in [0.2, 0.25) is 0 Å². The van der Waals surface area contributed by atoms with Crippen LogP contribution in [0.25, 0.3) is 0 Å². The Morgan fingerprint density at radius 1 is 1.57 bits per heavy atom. The lowest BCUT2D eigenvalue weighted by Crippen LogP contribution is -2.07. The van der Waals surface area contributed by atoms with E-state index in [1.165, 1.54) is 0 Å². The van der Waals surface area contributed by atoms with E-state index in [1.54, 1.807) is 0 Å². The van der Waals surface area contributed by atoms with Crippen molar-refractivity contribution in [1.29, 1.82) is 0 Å². The summed E-state index contributed by atoms with van der Waals surface area (Å²) >= 11 is 0. The van der Waals surface area contributed by atoms with Gasteiger partial charge in [-0.05, 0) is 0 Å². The Kier molecular flexibility index (Phi) is 3.48. The predicted octanol–water partition coefficient (Wildman–Crippen LogP) is 0.556. The second kappa shape index (κ2) is 3.33. The standard InChI is InChI=1S/C3H11N2OP/c1-3(2)7(5)6-4/h3H,4-5H2,1-2H3. The van der Waals surface area contributed by atoms with E-state index in [0.717, 1.165) is 0 Å². The zero-order valence-corrected chi connectivity index (χ0v) is 5.48. The Labute approximate surface area is 44.9 Å². The highest BCUT2D eigenvalue weighted by molar-refractivity contribution is 7.50. The van der Waals surface area contributed by atoms with E-state index >= 15 is 0 Å². The molecular formula is C3H11N2OP. The van der Waals surface area contributed by atoms with E-state index in [2.05, 4.69) is 4.62 Å². The molecule has 0 aromatic rings. The molecule has 0 amide bonds. The summed E-state index contributed by atoms with van der Waals surface area (Å²) in [7, 11) is -0.860. The lowest BCUT2D eigenvalue weighted by atomic mass is 10.6. The van der Waals surface area contributed by atoms with Crippen LogP contribution < -0.4 is 11.4 Å². The molecule has 0 aromatic carbocycles. The molecule has 7 heavy (non-hydrogen) atoms. The molecule has 0 saturated heterocycles. The lowest BCUT2D eigenvalue weighted by Gasteiger charge is -2.09. The molecule has 0 aromatic heterocycles. The van der Waals surface area contributed by atoms with E-state index in [1.807, 2.05) is 13.8 Å². The van der Waals surface area contributed by atoms with Crippen LogP contribution in [0.3, 0.4) is 0 Å². The van der Waals surface area contributed by atoms with Gasteiger partial charge in [0.1, 0.15) is 8.30 Å². The number of nitrogens with two attached hydrogens (primary N) is 2. The van der Waals surface area contributed by atoms with Crippen LogP contribution in [-0.4, -0.2) is 5.66 Å². The Morgan fingerprint density at radius 3 is 2.00 bits per heavy atom. The van der Waals surface area contributed by atoms with E-state index in [-0.39, 0.29) is 0 Å². The van der Waals surface area contributed by atoms with Crippen molar-refractivity contribution >= 4 is 8.30 Å². The van der Waals surface area contributed by atoms with Gasteiger partial charge in [0.05, 0.1) is 0 Å². The van der Waals surface area contributed by atoms with Crippen LogP contribution in [-0.2, 0) is 4.62 Å². The molecule has 0 aliphatic carbocycles. The maximum atomic E-state index is 5.33. The monoisotopic (exact) mass is 122 g/mol. The minimum absolute atomic E-state index is 0.361. The van der Waals surface area contributed by atoms with Gasteiger partial charge in [0.25, 0.3) is 0 Å². The van der Waals surface area contributed by atoms with Crippen LogP contribution >= 0.6 is 8.30 Å². The molecule has 0 aliphatic rings. The molecular weight excluding hydrogens is 111 g/mol. The van der Waals surface area contributed by atoms with E-state index in [9.17, 15) is 0 Å². The van der Waals surface area contributed by atoms with E-state index in [4.69, 9.17) is 11.4 Å². The van der Waals surface area contributed by atoms with Crippen molar-refractivity contribution in [3.63, 3.8) is 0 Å². The zero-order chi connectivity index (χ0) is 5.86. The average molecular weight is 122 g/mol. The molecule has 1 atom stereocenters. The van der Waals surface area contributed by atoms with E-state index in [0.29, 0.717) is 5.66 Å². The topological polar surface area (TPSA) is 61.3 Å². The third-order valence-corrected chi connectivity index (χ3v) is 1.89. The van der Waals surface area contributed by atoms with Crippen LogP contribution in [0.4, 0.5) is 0 Å². The number of rotatable bonds is 2. The Balaban J connectivity index is 3.14. The molecule has 0 rings (SSSR count). The van der Waals surface area contributed by atoms with Crippen molar-refractivity contribution in [2.24, 2.45) is 11.4 Å². The molecule has 1 unspecified atom stereocenters. The SMILES string of the molecule is CC(C)P(N)ON. The Hall–Kier alpha value is 0.310. The highest BCUT2D eigenvalue weighted by Crippen LogP contribution is 2.29. The number of hydrogen-bond donors (Lipinski definition) is 2. The molecule has 0 bridgehead atoms. The van der Waals surface area contributed by atoms with Crippen molar-refractivity contribution < 1.29 is 4.62 Å². The molecule has 4 N–H and O–H groups in total. The maximum Gasteiger partial charge on any atom is 0.126 e. The fourth-order valence-corrected chi connectivity index (χ4v) is 0.365. The van der Waals surface area contributed by atoms with Gasteiger partial charge in [0, 0.05) is 5.66 Å². The zero-order valence-electron chi connectivity index (χ0n) is 4.59. The van der Waals surface area contributed by atoms with Gasteiger partial charge < -0.3 is 0 Å². The molecule has 0 fully saturated rings. The van der Waals surface area contributed by atoms with Gasteiger partial charge in [0.15, 0.2) is 0 Å². The van der Waals surface area contributed by atoms with Gasteiger partial charge in [-0.15, -0.1) is 0 Å². The summed E-state index contributed by atoms with van der Waals surface area (Å²) in [5, 5.41) is 0. The van der Waals surface area contributed by atoms with Gasteiger partial charge >= 0.3 is 0 Å². The summed E-state index contributed by atoms with van der Waals surface area (Å²) < 4.78 is 4.35. The summed E-state index contributed by atoms with van der Waals surface area (Å²) in [6.07, 6.45) is 0.